The van der Waals surface area contributed by atoms with Gasteiger partial charge in [0.2, 0.25) is 5.91 Å². The Hall–Kier alpha value is -3.50. The largest absolute Gasteiger partial charge is 0.481 e. The van der Waals surface area contributed by atoms with Crippen LogP contribution in [0.3, 0.4) is 0 Å². The molecule has 212 valence electrons. The highest BCUT2D eigenvalue weighted by molar-refractivity contribution is 5.84. The third-order valence-corrected chi connectivity index (χ3v) is 9.29. The van der Waals surface area contributed by atoms with Crippen molar-refractivity contribution in [2.75, 3.05) is 37.7 Å². The number of benzene rings is 1. The third-order valence-electron chi connectivity index (χ3n) is 9.29. The molecule has 4 aliphatic heterocycles. The van der Waals surface area contributed by atoms with Gasteiger partial charge in [-0.25, -0.2) is 9.50 Å². The van der Waals surface area contributed by atoms with Crippen molar-refractivity contribution in [3.8, 4) is 0 Å². The SMILES string of the molecule is Cc1cc(N2CCC(C)C2)cn2nc(C34CC(N5CCC(C(=O)O)CC5=O)(CO3)C4CO)nc12.c1ccccc1. The summed E-state index contributed by atoms with van der Waals surface area (Å²) in [6, 6.07) is 14.2. The van der Waals surface area contributed by atoms with Crippen LogP contribution in [-0.2, 0) is 19.9 Å². The number of piperidine rings is 1. The van der Waals surface area contributed by atoms with Gasteiger partial charge in [-0.2, -0.15) is 0 Å². The number of aliphatic hydroxyl groups is 1. The molecule has 8 rings (SSSR count). The molecular weight excluding hydrogens is 510 g/mol. The van der Waals surface area contributed by atoms with E-state index in [4.69, 9.17) is 14.8 Å². The number of hydrogen-bond acceptors (Lipinski definition) is 7. The van der Waals surface area contributed by atoms with Crippen molar-refractivity contribution in [3.63, 3.8) is 0 Å². The molecule has 0 spiro atoms. The number of nitrogens with zero attached hydrogens (tertiary/aromatic N) is 5. The number of aryl methyl sites for hydroxylation is 1. The fourth-order valence-electron chi connectivity index (χ4n) is 7.09. The van der Waals surface area contributed by atoms with Crippen molar-refractivity contribution in [2.45, 2.75) is 50.7 Å². The first-order valence-corrected chi connectivity index (χ1v) is 14.2. The normalized spacial score (nSPS) is 31.2. The zero-order chi connectivity index (χ0) is 28.1. The topological polar surface area (TPSA) is 121 Å². The smallest absolute Gasteiger partial charge is 0.307 e. The molecule has 0 radical (unpaired) electrons. The van der Waals surface area contributed by atoms with E-state index >= 15 is 0 Å². The molecule has 2 aromatic heterocycles. The van der Waals surface area contributed by atoms with Gasteiger partial charge in [0.1, 0.15) is 5.60 Å². The first-order chi connectivity index (χ1) is 19.3. The fourth-order valence-corrected chi connectivity index (χ4v) is 7.09. The predicted octanol–water partition coefficient (Wildman–Crippen LogP) is 2.87. The van der Waals surface area contributed by atoms with Gasteiger partial charge in [-0.15, -0.1) is 5.10 Å². The van der Waals surface area contributed by atoms with E-state index in [9.17, 15) is 19.8 Å². The highest BCUT2D eigenvalue weighted by atomic mass is 16.5. The Balaban J connectivity index is 0.000000429. The van der Waals surface area contributed by atoms with Gasteiger partial charge in [-0.1, -0.05) is 43.3 Å². The van der Waals surface area contributed by atoms with Crippen molar-refractivity contribution in [3.05, 3.63) is 60.0 Å². The molecule has 6 heterocycles. The summed E-state index contributed by atoms with van der Waals surface area (Å²) in [4.78, 5) is 33.2. The van der Waals surface area contributed by atoms with E-state index < -0.39 is 23.0 Å². The Morgan fingerprint density at radius 3 is 2.48 bits per heavy atom. The zero-order valence-electron chi connectivity index (χ0n) is 23.1. The van der Waals surface area contributed by atoms with Gasteiger partial charge in [0, 0.05) is 38.4 Å². The minimum absolute atomic E-state index is 0.00800. The second kappa shape index (κ2) is 10.2. The molecule has 4 saturated heterocycles. The van der Waals surface area contributed by atoms with E-state index in [0.29, 0.717) is 37.7 Å². The predicted molar refractivity (Wildman–Crippen MR) is 148 cm³/mol. The Bertz CT molecular complexity index is 1390. The number of ether oxygens (including phenoxy) is 1. The molecule has 3 aromatic rings. The number of rotatable bonds is 5. The lowest BCUT2D eigenvalue weighted by molar-refractivity contribution is -0.168. The molecule has 1 aliphatic carbocycles. The second-order valence-corrected chi connectivity index (χ2v) is 11.8. The van der Waals surface area contributed by atoms with Gasteiger partial charge in [0.25, 0.3) is 0 Å². The fraction of sp³-hybridized carbons (Fsp3) is 0.533. The first kappa shape index (κ1) is 26.7. The van der Waals surface area contributed by atoms with Crippen molar-refractivity contribution >= 4 is 23.2 Å². The second-order valence-electron chi connectivity index (χ2n) is 11.8. The molecular formula is C30H37N5O5. The van der Waals surface area contributed by atoms with Crippen LogP contribution < -0.4 is 4.90 Å². The van der Waals surface area contributed by atoms with E-state index in [0.717, 1.165) is 30.0 Å². The maximum absolute atomic E-state index is 12.9. The van der Waals surface area contributed by atoms with Crippen LogP contribution in [-0.4, -0.2) is 80.0 Å². The lowest BCUT2D eigenvalue weighted by Gasteiger charge is -2.56. The highest BCUT2D eigenvalue weighted by Gasteiger charge is 2.75. The summed E-state index contributed by atoms with van der Waals surface area (Å²) in [6.07, 6.45) is 4.12. The molecule has 2 N–H and O–H groups in total. The lowest BCUT2D eigenvalue weighted by atomic mass is 9.57. The molecule has 5 aliphatic rings. The number of anilines is 1. The third kappa shape index (κ3) is 4.25. The Kier molecular flexibility index (Phi) is 6.78. The molecule has 5 fully saturated rings. The van der Waals surface area contributed by atoms with E-state index in [-0.39, 0.29) is 24.9 Å². The number of aliphatic carboxylic acids is 1. The minimum Gasteiger partial charge on any atom is -0.481 e. The number of carboxylic acid groups (broad SMARTS) is 1. The summed E-state index contributed by atoms with van der Waals surface area (Å²) in [7, 11) is 0. The maximum atomic E-state index is 12.9. The van der Waals surface area contributed by atoms with Crippen LogP contribution in [0.25, 0.3) is 5.65 Å². The van der Waals surface area contributed by atoms with E-state index in [1.807, 2.05) is 54.0 Å². The highest BCUT2D eigenvalue weighted by Crippen LogP contribution is 2.64. The standard InChI is InChI=1S/C24H31N5O5.C6H6/c1-14-3-5-27(9-14)17-7-15(2)20-25-22(26-29(20)10-17)24-12-23(13-34-24,18(24)11-30)28-6-4-16(21(32)33)8-19(28)31;1-2-4-6-5-3-1/h7,10,14,16,18,30H,3-6,8-9,11-13H2,1-2H3,(H,32,33);1-6H. The summed E-state index contributed by atoms with van der Waals surface area (Å²) >= 11 is 0. The molecule has 5 atom stereocenters. The van der Waals surface area contributed by atoms with Crippen molar-refractivity contribution in [1.29, 1.82) is 0 Å². The van der Waals surface area contributed by atoms with Gasteiger partial charge < -0.3 is 24.7 Å². The van der Waals surface area contributed by atoms with Crippen LogP contribution in [0.5, 0.6) is 0 Å². The first-order valence-electron chi connectivity index (χ1n) is 14.2. The Morgan fingerprint density at radius 2 is 1.88 bits per heavy atom. The van der Waals surface area contributed by atoms with Crippen LogP contribution in [0.15, 0.2) is 48.7 Å². The molecule has 10 nitrogen and oxygen atoms in total. The number of carboxylic acids is 1. The number of aliphatic hydroxyl groups excluding tert-OH is 1. The summed E-state index contributed by atoms with van der Waals surface area (Å²) in [5.41, 5.74) is 1.47. The summed E-state index contributed by atoms with van der Waals surface area (Å²) in [5, 5.41) is 24.5. The molecule has 1 saturated carbocycles. The number of pyridine rings is 1. The van der Waals surface area contributed by atoms with Crippen molar-refractivity contribution in [1.82, 2.24) is 19.5 Å². The monoisotopic (exact) mass is 547 g/mol. The average Bonchev–Trinajstić information content (AvgIpc) is 3.72. The van der Waals surface area contributed by atoms with E-state index in [1.54, 1.807) is 4.90 Å². The summed E-state index contributed by atoms with van der Waals surface area (Å²) < 4.78 is 8.09. The van der Waals surface area contributed by atoms with E-state index in [2.05, 4.69) is 17.9 Å². The van der Waals surface area contributed by atoms with Crippen LogP contribution in [0.2, 0.25) is 0 Å². The zero-order valence-corrected chi connectivity index (χ0v) is 23.1. The van der Waals surface area contributed by atoms with Crippen molar-refractivity contribution in [2.24, 2.45) is 17.8 Å². The lowest BCUT2D eigenvalue weighted by Crippen LogP contribution is -2.69. The minimum atomic E-state index is -0.929. The number of aromatic nitrogens is 3. The number of carbonyl (C=O) groups excluding carboxylic acids is 1. The molecule has 5 unspecified atom stereocenters. The van der Waals surface area contributed by atoms with Gasteiger partial charge in [0.15, 0.2) is 11.5 Å². The molecule has 1 aromatic carbocycles. The number of carbonyl (C=O) groups is 2. The molecule has 40 heavy (non-hydrogen) atoms. The number of amides is 1. The maximum Gasteiger partial charge on any atom is 0.307 e. The molecule has 1 amide bonds. The number of likely N-dealkylation sites (tertiary alicyclic amines) is 1. The van der Waals surface area contributed by atoms with Gasteiger partial charge in [-0.05, 0) is 37.3 Å². The summed E-state index contributed by atoms with van der Waals surface area (Å²) in [6.45, 7) is 6.86. The van der Waals surface area contributed by atoms with Crippen molar-refractivity contribution < 1.29 is 24.5 Å². The van der Waals surface area contributed by atoms with Crippen LogP contribution >= 0.6 is 0 Å². The van der Waals surface area contributed by atoms with Crippen LogP contribution in [0, 0.1) is 24.7 Å². The van der Waals surface area contributed by atoms with Gasteiger partial charge in [0.05, 0.1) is 36.6 Å². The van der Waals surface area contributed by atoms with Gasteiger partial charge in [-0.3, -0.25) is 9.59 Å². The van der Waals surface area contributed by atoms with Gasteiger partial charge >= 0.3 is 5.97 Å². The molecule has 2 bridgehead atoms. The molecule has 10 heteroatoms. The number of hydrogen-bond donors (Lipinski definition) is 2. The Morgan fingerprint density at radius 1 is 1.15 bits per heavy atom. The van der Waals surface area contributed by atoms with Crippen LogP contribution in [0.4, 0.5) is 5.69 Å². The van der Waals surface area contributed by atoms with E-state index in [1.165, 1.54) is 6.42 Å². The van der Waals surface area contributed by atoms with Crippen LogP contribution in [0.1, 0.15) is 44.0 Å². The summed E-state index contributed by atoms with van der Waals surface area (Å²) in [5.74, 6) is -0.883. The quantitative estimate of drug-likeness (QED) is 0.500. The average molecular weight is 548 g/mol. The number of fused-ring (bicyclic) bond motifs is 2. The Labute approximate surface area is 233 Å².